The van der Waals surface area contributed by atoms with E-state index >= 15 is 0 Å². The maximum atomic E-state index is 14.6. The van der Waals surface area contributed by atoms with E-state index in [1.807, 2.05) is 60.6 Å². The summed E-state index contributed by atoms with van der Waals surface area (Å²) in [5.41, 5.74) is -1.10. The van der Waals surface area contributed by atoms with Gasteiger partial charge in [-0.15, -0.1) is 0 Å². The van der Waals surface area contributed by atoms with Gasteiger partial charge in [-0.1, -0.05) is 60.5 Å². The lowest BCUT2D eigenvalue weighted by atomic mass is 9.72. The zero-order valence-electron chi connectivity index (χ0n) is 36.0. The summed E-state index contributed by atoms with van der Waals surface area (Å²) in [4.78, 5) is 32.1. The van der Waals surface area contributed by atoms with Gasteiger partial charge in [0.05, 0.1) is 53.7 Å². The van der Waals surface area contributed by atoms with E-state index in [1.54, 1.807) is 6.92 Å². The Labute approximate surface area is 335 Å². The standard InChI is InChI=1S/C44H73NO11/c1-12-31(40(48)49)33-17-16-25(5)38(53-33)29(9)36(46)28(8)37(47)32(13-2)39-26(6)24-27(7)43(54-39)21-18-34(45-51-15-4)44(56-43)23-22-41(11,55-44)35-19-20-42(50,14-3)30(10)52-35/h18,21,25-33,35-36,38-39,46,50H,12-17,19-20,22-24H2,1-11H3,(H,48,49)/b45-34+/t25-,26-,27+,28-,29-,30-,31?,32-,33+,35+,36+,38+,39-,41-,42+,43-,44-/m0/s1. The van der Waals surface area contributed by atoms with Crippen molar-refractivity contribution in [1.82, 2.24) is 0 Å². The summed E-state index contributed by atoms with van der Waals surface area (Å²) in [6, 6.07) is 0. The first kappa shape index (κ1) is 45.2. The van der Waals surface area contributed by atoms with Gasteiger partial charge < -0.3 is 43.8 Å². The molecule has 17 atom stereocenters. The summed E-state index contributed by atoms with van der Waals surface area (Å²) >= 11 is 0. The minimum absolute atomic E-state index is 0.0198. The quantitative estimate of drug-likeness (QED) is 0.152. The fraction of sp³-hybridized carbons (Fsp3) is 0.886. The lowest BCUT2D eigenvalue weighted by molar-refractivity contribution is -0.371. The first-order valence-corrected chi connectivity index (χ1v) is 21.8. The molecule has 0 aromatic heterocycles. The van der Waals surface area contributed by atoms with Crippen LogP contribution in [-0.4, -0.2) is 98.8 Å². The SMILES string of the molecule is CCO/N=C1\C=C[C@]2(O[C@H]([C@@H](CC)C(=O)[C@@H](C)[C@@H](O)[C@H](C)[C@@H]3O[C@@H](C(CC)C(=O)O)CC[C@@H]3C)[C@@H](C)C[C@H]2C)O[C@@]12CC[C@@](C)([C@H]1CC[C@](O)(CC)[C@H](C)O1)O2. The van der Waals surface area contributed by atoms with Gasteiger partial charge in [0.15, 0.2) is 5.79 Å². The third-order valence-corrected chi connectivity index (χ3v) is 14.6. The first-order valence-electron chi connectivity index (χ1n) is 21.8. The summed E-state index contributed by atoms with van der Waals surface area (Å²) in [6.07, 6.45) is 7.02. The topological polar surface area (TPSA) is 163 Å². The van der Waals surface area contributed by atoms with E-state index in [4.69, 9.17) is 28.5 Å². The molecule has 56 heavy (non-hydrogen) atoms. The number of carboxylic acid groups (broad SMARTS) is 1. The molecule has 4 fully saturated rings. The maximum absolute atomic E-state index is 14.6. The van der Waals surface area contributed by atoms with Crippen LogP contribution in [0.3, 0.4) is 0 Å². The van der Waals surface area contributed by atoms with Crippen LogP contribution in [0.4, 0.5) is 0 Å². The number of ether oxygens (including phenoxy) is 5. The average Bonchev–Trinajstić information content (AvgIpc) is 3.51. The van der Waals surface area contributed by atoms with Crippen LogP contribution in [0.25, 0.3) is 0 Å². The number of hydrogen-bond acceptors (Lipinski definition) is 11. The molecule has 0 aliphatic carbocycles. The fourth-order valence-corrected chi connectivity index (χ4v) is 10.6. The van der Waals surface area contributed by atoms with Crippen LogP contribution >= 0.6 is 0 Å². The van der Waals surface area contributed by atoms with Gasteiger partial charge in [-0.2, -0.15) is 0 Å². The van der Waals surface area contributed by atoms with E-state index in [2.05, 4.69) is 25.9 Å². The first-order chi connectivity index (χ1) is 26.3. The third-order valence-electron chi connectivity index (χ3n) is 14.6. The predicted molar refractivity (Wildman–Crippen MR) is 212 cm³/mol. The summed E-state index contributed by atoms with van der Waals surface area (Å²) < 4.78 is 34.2. The highest BCUT2D eigenvalue weighted by atomic mass is 16.8. The average molecular weight is 792 g/mol. The number of aliphatic carboxylic acids is 1. The normalized spacial score (nSPS) is 43.7. The number of Topliss-reactive ketones (excluding diaryl/α,β-unsaturated/α-hetero) is 1. The van der Waals surface area contributed by atoms with E-state index in [9.17, 15) is 24.9 Å². The van der Waals surface area contributed by atoms with Crippen molar-refractivity contribution < 1.29 is 53.4 Å². The largest absolute Gasteiger partial charge is 0.481 e. The lowest BCUT2D eigenvalue weighted by Gasteiger charge is -2.53. The van der Waals surface area contributed by atoms with Crippen molar-refractivity contribution in [3.8, 4) is 0 Å². The number of aliphatic hydroxyl groups is 2. The minimum atomic E-state index is -1.29. The number of ketones is 1. The number of rotatable bonds is 14. The predicted octanol–water partition coefficient (Wildman–Crippen LogP) is 7.22. The van der Waals surface area contributed by atoms with E-state index in [0.29, 0.717) is 63.7 Å². The van der Waals surface area contributed by atoms with Gasteiger partial charge in [0, 0.05) is 30.1 Å². The lowest BCUT2D eigenvalue weighted by Crippen LogP contribution is -2.62. The van der Waals surface area contributed by atoms with Crippen LogP contribution in [0.2, 0.25) is 0 Å². The fourth-order valence-electron chi connectivity index (χ4n) is 10.6. The van der Waals surface area contributed by atoms with Gasteiger partial charge in [0.1, 0.15) is 18.1 Å². The Morgan fingerprint density at radius 3 is 2.23 bits per heavy atom. The van der Waals surface area contributed by atoms with E-state index in [1.165, 1.54) is 0 Å². The third kappa shape index (κ3) is 8.54. The Morgan fingerprint density at radius 1 is 0.929 bits per heavy atom. The van der Waals surface area contributed by atoms with Crippen LogP contribution in [-0.2, 0) is 38.1 Å². The molecule has 5 aliphatic rings. The molecule has 0 saturated carbocycles. The molecular formula is C44H73NO11. The van der Waals surface area contributed by atoms with Gasteiger partial charge in [0.2, 0.25) is 5.79 Å². The van der Waals surface area contributed by atoms with Crippen molar-refractivity contribution in [3.05, 3.63) is 12.2 Å². The van der Waals surface area contributed by atoms with Crippen molar-refractivity contribution in [2.75, 3.05) is 6.61 Å². The van der Waals surface area contributed by atoms with Crippen LogP contribution in [0.1, 0.15) is 140 Å². The van der Waals surface area contributed by atoms with Crippen molar-refractivity contribution in [2.24, 2.45) is 46.6 Å². The Morgan fingerprint density at radius 2 is 1.62 bits per heavy atom. The molecule has 12 heteroatoms. The van der Waals surface area contributed by atoms with Crippen LogP contribution in [0, 0.1) is 41.4 Å². The smallest absolute Gasteiger partial charge is 0.309 e. The molecule has 5 aliphatic heterocycles. The second-order valence-corrected chi connectivity index (χ2v) is 18.3. The molecule has 0 radical (unpaired) electrons. The van der Waals surface area contributed by atoms with E-state index in [-0.39, 0.29) is 47.8 Å². The molecule has 3 N–H and O–H groups in total. The molecular weight excluding hydrogens is 718 g/mol. The van der Waals surface area contributed by atoms with Crippen molar-refractivity contribution >= 4 is 17.5 Å². The Bertz CT molecular complexity index is 1440. The highest BCUT2D eigenvalue weighted by Gasteiger charge is 2.63. The Balaban J connectivity index is 1.36. The number of carbonyl (C=O) groups excluding carboxylic acids is 1. The van der Waals surface area contributed by atoms with Crippen molar-refractivity contribution in [1.29, 1.82) is 0 Å². The van der Waals surface area contributed by atoms with Crippen LogP contribution in [0.5, 0.6) is 0 Å². The number of carboxylic acids is 1. The monoisotopic (exact) mass is 792 g/mol. The van der Waals surface area contributed by atoms with Crippen LogP contribution in [0.15, 0.2) is 17.3 Å². The highest BCUT2D eigenvalue weighted by Crippen LogP contribution is 2.53. The van der Waals surface area contributed by atoms with Crippen molar-refractivity contribution in [3.63, 3.8) is 0 Å². The van der Waals surface area contributed by atoms with Crippen molar-refractivity contribution in [2.45, 2.75) is 200 Å². The number of oxime groups is 1. The molecule has 5 heterocycles. The van der Waals surface area contributed by atoms with Gasteiger partial charge >= 0.3 is 5.97 Å². The Kier molecular flexibility index (Phi) is 14.3. The molecule has 0 aromatic rings. The molecule has 320 valence electrons. The maximum Gasteiger partial charge on any atom is 0.309 e. The van der Waals surface area contributed by atoms with Gasteiger partial charge in [-0.3, -0.25) is 9.59 Å². The summed E-state index contributed by atoms with van der Waals surface area (Å²) in [5.74, 6) is -5.64. The second kappa shape index (κ2) is 17.7. The molecule has 12 nitrogen and oxygen atoms in total. The molecule has 0 amide bonds. The number of carbonyl (C=O) groups is 2. The molecule has 2 spiro atoms. The Hall–Kier alpha value is -1.93. The molecule has 4 saturated heterocycles. The molecule has 5 rings (SSSR count). The van der Waals surface area contributed by atoms with E-state index < -0.39 is 64.8 Å². The summed E-state index contributed by atoms with van der Waals surface area (Å²) in [5, 5.41) is 37.2. The minimum Gasteiger partial charge on any atom is -0.481 e. The number of aliphatic hydroxyl groups excluding tert-OH is 1. The van der Waals surface area contributed by atoms with Crippen LogP contribution < -0.4 is 0 Å². The van der Waals surface area contributed by atoms with E-state index in [0.717, 1.165) is 12.8 Å². The summed E-state index contributed by atoms with van der Waals surface area (Å²) in [6.45, 7) is 22.0. The second-order valence-electron chi connectivity index (χ2n) is 18.3. The summed E-state index contributed by atoms with van der Waals surface area (Å²) in [7, 11) is 0. The number of hydrogen-bond donors (Lipinski definition) is 3. The number of nitrogens with zero attached hydrogens (tertiary/aromatic N) is 1. The zero-order chi connectivity index (χ0) is 41.4. The van der Waals surface area contributed by atoms with Gasteiger partial charge in [-0.05, 0) is 103 Å². The van der Waals surface area contributed by atoms with Gasteiger partial charge in [0.25, 0.3) is 0 Å². The highest BCUT2D eigenvalue weighted by molar-refractivity contribution is 6.01. The molecule has 0 aromatic carbocycles. The zero-order valence-corrected chi connectivity index (χ0v) is 36.0. The molecule has 0 bridgehead atoms. The molecule has 1 unspecified atom stereocenters. The van der Waals surface area contributed by atoms with Gasteiger partial charge in [-0.25, -0.2) is 0 Å².